The maximum Gasteiger partial charge on any atom is 0.223 e. The number of hydrogen-bond donors (Lipinski definition) is 0. The minimum absolute atomic E-state index is 0.0790. The summed E-state index contributed by atoms with van der Waals surface area (Å²) < 4.78 is 13.3. The zero-order valence-electron chi connectivity index (χ0n) is 11.9. The smallest absolute Gasteiger partial charge is 0.223 e. The van der Waals surface area contributed by atoms with Gasteiger partial charge in [0.15, 0.2) is 0 Å². The quantitative estimate of drug-likeness (QED) is 0.868. The second kappa shape index (κ2) is 5.64. The number of aryl methyl sites for hydroxylation is 1. The molecule has 0 bridgehead atoms. The highest BCUT2D eigenvalue weighted by Gasteiger charge is 2.30. The van der Waals surface area contributed by atoms with E-state index < -0.39 is 0 Å². The summed E-state index contributed by atoms with van der Waals surface area (Å²) in [5, 5.41) is 0. The molecule has 0 N–H and O–H groups in total. The Hall–Kier alpha value is -2.23. The van der Waals surface area contributed by atoms with Gasteiger partial charge < -0.3 is 4.90 Å². The summed E-state index contributed by atoms with van der Waals surface area (Å²) in [6.07, 6.45) is 4.00. The van der Waals surface area contributed by atoms with Gasteiger partial charge in [0.25, 0.3) is 0 Å². The van der Waals surface area contributed by atoms with Crippen LogP contribution in [0.5, 0.6) is 0 Å². The van der Waals surface area contributed by atoms with Crippen molar-refractivity contribution >= 4 is 5.91 Å². The van der Waals surface area contributed by atoms with E-state index in [9.17, 15) is 9.18 Å². The molecule has 0 spiro atoms. The molecule has 1 atom stereocenters. The molecule has 2 aromatic rings. The molecule has 0 radical (unpaired) electrons. The largest absolute Gasteiger partial charge is 0.338 e. The van der Waals surface area contributed by atoms with E-state index in [0.717, 1.165) is 16.7 Å². The van der Waals surface area contributed by atoms with Gasteiger partial charge in [-0.25, -0.2) is 4.39 Å². The predicted octanol–water partition coefficient (Wildman–Crippen LogP) is 3.05. The van der Waals surface area contributed by atoms with Crippen molar-refractivity contribution in [3.63, 3.8) is 0 Å². The molecule has 1 saturated heterocycles. The second-order valence-corrected chi connectivity index (χ2v) is 5.53. The zero-order chi connectivity index (χ0) is 14.8. The Labute approximate surface area is 123 Å². The third kappa shape index (κ3) is 2.94. The van der Waals surface area contributed by atoms with Crippen LogP contribution < -0.4 is 0 Å². The molecular formula is C17H17FN2O. The van der Waals surface area contributed by atoms with Crippen LogP contribution in [0.2, 0.25) is 0 Å². The SMILES string of the molecule is Cc1cnccc1CN1C[C@@H](c2cccc(F)c2)CC1=O. The van der Waals surface area contributed by atoms with Crippen molar-refractivity contribution in [1.82, 2.24) is 9.88 Å². The second-order valence-electron chi connectivity index (χ2n) is 5.53. The van der Waals surface area contributed by atoms with Crippen LogP contribution in [0.25, 0.3) is 0 Å². The molecular weight excluding hydrogens is 267 g/mol. The molecule has 1 aliphatic heterocycles. The van der Waals surface area contributed by atoms with E-state index in [1.54, 1.807) is 18.5 Å². The lowest BCUT2D eigenvalue weighted by atomic mass is 9.98. The molecule has 1 aromatic carbocycles. The molecule has 4 heteroatoms. The van der Waals surface area contributed by atoms with E-state index in [1.807, 2.05) is 24.0 Å². The first-order valence-corrected chi connectivity index (χ1v) is 7.06. The maximum atomic E-state index is 13.3. The van der Waals surface area contributed by atoms with E-state index >= 15 is 0 Å². The fourth-order valence-electron chi connectivity index (χ4n) is 2.79. The number of halogens is 1. The first-order valence-electron chi connectivity index (χ1n) is 7.06. The molecule has 0 saturated carbocycles. The van der Waals surface area contributed by atoms with Crippen LogP contribution in [0, 0.1) is 12.7 Å². The topological polar surface area (TPSA) is 33.2 Å². The van der Waals surface area contributed by atoms with Gasteiger partial charge in [-0.1, -0.05) is 12.1 Å². The summed E-state index contributed by atoms with van der Waals surface area (Å²) in [6.45, 7) is 3.23. The van der Waals surface area contributed by atoms with Crippen molar-refractivity contribution in [3.8, 4) is 0 Å². The van der Waals surface area contributed by atoms with Gasteiger partial charge in [-0.05, 0) is 41.8 Å². The number of rotatable bonds is 3. The number of likely N-dealkylation sites (tertiary alicyclic amines) is 1. The van der Waals surface area contributed by atoms with Crippen LogP contribution in [-0.2, 0) is 11.3 Å². The van der Waals surface area contributed by atoms with Crippen molar-refractivity contribution in [2.45, 2.75) is 25.8 Å². The Morgan fingerprint density at radius 2 is 2.24 bits per heavy atom. The van der Waals surface area contributed by atoms with Gasteiger partial charge in [-0.3, -0.25) is 9.78 Å². The number of pyridine rings is 1. The number of nitrogens with zero attached hydrogens (tertiary/aromatic N) is 2. The van der Waals surface area contributed by atoms with Crippen LogP contribution >= 0.6 is 0 Å². The fraction of sp³-hybridized carbons (Fsp3) is 0.294. The lowest BCUT2D eigenvalue weighted by Gasteiger charge is -2.18. The molecule has 1 amide bonds. The maximum absolute atomic E-state index is 13.3. The van der Waals surface area contributed by atoms with Gasteiger partial charge >= 0.3 is 0 Å². The first kappa shape index (κ1) is 13.7. The minimum atomic E-state index is -0.247. The molecule has 3 rings (SSSR count). The van der Waals surface area contributed by atoms with E-state index in [1.165, 1.54) is 12.1 Å². The number of hydrogen-bond acceptors (Lipinski definition) is 2. The summed E-state index contributed by atoms with van der Waals surface area (Å²) in [5.74, 6) is -0.0424. The Morgan fingerprint density at radius 1 is 1.38 bits per heavy atom. The van der Waals surface area contributed by atoms with Gasteiger partial charge in [0, 0.05) is 37.8 Å². The number of amides is 1. The third-order valence-electron chi connectivity index (χ3n) is 4.03. The third-order valence-corrected chi connectivity index (χ3v) is 4.03. The summed E-state index contributed by atoms with van der Waals surface area (Å²) in [6, 6.07) is 8.49. The van der Waals surface area contributed by atoms with Crippen molar-refractivity contribution < 1.29 is 9.18 Å². The molecule has 21 heavy (non-hydrogen) atoms. The lowest BCUT2D eigenvalue weighted by Crippen LogP contribution is -2.24. The lowest BCUT2D eigenvalue weighted by molar-refractivity contribution is -0.128. The Balaban J connectivity index is 1.75. The number of aromatic nitrogens is 1. The minimum Gasteiger partial charge on any atom is -0.338 e. The number of carbonyl (C=O) groups is 1. The molecule has 1 aromatic heterocycles. The van der Waals surface area contributed by atoms with Gasteiger partial charge in [0.05, 0.1) is 0 Å². The van der Waals surface area contributed by atoms with E-state index in [0.29, 0.717) is 19.5 Å². The summed E-state index contributed by atoms with van der Waals surface area (Å²) >= 11 is 0. The molecule has 108 valence electrons. The highest BCUT2D eigenvalue weighted by atomic mass is 19.1. The van der Waals surface area contributed by atoms with Gasteiger partial charge in [-0.15, -0.1) is 0 Å². The normalized spacial score (nSPS) is 18.3. The molecule has 3 nitrogen and oxygen atoms in total. The van der Waals surface area contributed by atoms with Crippen molar-refractivity contribution in [2.24, 2.45) is 0 Å². The van der Waals surface area contributed by atoms with Crippen LogP contribution in [0.4, 0.5) is 4.39 Å². The Morgan fingerprint density at radius 3 is 3.00 bits per heavy atom. The zero-order valence-corrected chi connectivity index (χ0v) is 11.9. The molecule has 2 heterocycles. The van der Waals surface area contributed by atoms with Crippen molar-refractivity contribution in [2.75, 3.05) is 6.54 Å². The fourth-order valence-corrected chi connectivity index (χ4v) is 2.79. The number of carbonyl (C=O) groups excluding carboxylic acids is 1. The summed E-state index contributed by atoms with van der Waals surface area (Å²) in [4.78, 5) is 18.1. The highest BCUT2D eigenvalue weighted by Crippen LogP contribution is 2.29. The standard InChI is InChI=1S/C17H17FN2O/c1-12-9-19-6-5-14(12)10-20-11-15(8-17(20)21)13-3-2-4-16(18)7-13/h2-7,9,15H,8,10-11H2,1H3/t15-/m0/s1. The molecule has 0 aliphatic carbocycles. The average molecular weight is 284 g/mol. The van der Waals surface area contributed by atoms with Crippen LogP contribution in [0.1, 0.15) is 29.0 Å². The highest BCUT2D eigenvalue weighted by molar-refractivity contribution is 5.79. The van der Waals surface area contributed by atoms with Gasteiger partial charge in [0.1, 0.15) is 5.82 Å². The van der Waals surface area contributed by atoms with Crippen molar-refractivity contribution in [3.05, 3.63) is 65.2 Å². The monoisotopic (exact) mass is 284 g/mol. The van der Waals surface area contributed by atoms with E-state index in [-0.39, 0.29) is 17.6 Å². The molecule has 0 unspecified atom stereocenters. The van der Waals surface area contributed by atoms with Gasteiger partial charge in [-0.2, -0.15) is 0 Å². The summed E-state index contributed by atoms with van der Waals surface area (Å²) in [7, 11) is 0. The van der Waals surface area contributed by atoms with E-state index in [4.69, 9.17) is 0 Å². The van der Waals surface area contributed by atoms with Crippen molar-refractivity contribution in [1.29, 1.82) is 0 Å². The number of benzene rings is 1. The van der Waals surface area contributed by atoms with Crippen LogP contribution in [0.15, 0.2) is 42.7 Å². The van der Waals surface area contributed by atoms with Crippen LogP contribution in [-0.4, -0.2) is 22.3 Å². The summed E-state index contributed by atoms with van der Waals surface area (Å²) in [5.41, 5.74) is 3.09. The van der Waals surface area contributed by atoms with Crippen LogP contribution in [0.3, 0.4) is 0 Å². The Kier molecular flexibility index (Phi) is 3.69. The average Bonchev–Trinajstić information content (AvgIpc) is 2.83. The van der Waals surface area contributed by atoms with E-state index in [2.05, 4.69) is 4.98 Å². The first-order chi connectivity index (χ1) is 10.1. The molecule has 1 fully saturated rings. The molecule has 1 aliphatic rings. The van der Waals surface area contributed by atoms with Gasteiger partial charge in [0.2, 0.25) is 5.91 Å². The Bertz CT molecular complexity index is 671. The predicted molar refractivity (Wildman–Crippen MR) is 78.1 cm³/mol.